The highest BCUT2D eigenvalue weighted by molar-refractivity contribution is 5.03. The van der Waals surface area contributed by atoms with Crippen LogP contribution in [0.25, 0.3) is 0 Å². The van der Waals surface area contributed by atoms with Crippen LogP contribution in [0, 0.1) is 0 Å². The van der Waals surface area contributed by atoms with Gasteiger partial charge in [-0.3, -0.25) is 4.68 Å². The molecule has 1 aromatic rings. The molecular weight excluding hydrogens is 235 g/mol. The van der Waals surface area contributed by atoms with Crippen LogP contribution in [0.15, 0.2) is 12.3 Å². The van der Waals surface area contributed by atoms with Crippen LogP contribution in [0.2, 0.25) is 0 Å². The normalized spacial score (nSPS) is 13.9. The van der Waals surface area contributed by atoms with Crippen LogP contribution in [0.3, 0.4) is 0 Å². The van der Waals surface area contributed by atoms with Crippen molar-refractivity contribution in [3.8, 4) is 0 Å². The summed E-state index contributed by atoms with van der Waals surface area (Å²) in [7, 11) is 0. The van der Waals surface area contributed by atoms with Gasteiger partial charge in [-0.15, -0.1) is 0 Å². The van der Waals surface area contributed by atoms with Crippen molar-refractivity contribution in [3.63, 3.8) is 0 Å². The molecule has 0 aliphatic rings. The van der Waals surface area contributed by atoms with Crippen LogP contribution in [0.4, 0.5) is 13.2 Å². The van der Waals surface area contributed by atoms with Gasteiger partial charge in [0.15, 0.2) is 5.69 Å². The molecule has 0 fully saturated rings. The predicted octanol–water partition coefficient (Wildman–Crippen LogP) is 1.26. The number of aryl methyl sites for hydroxylation is 1. The van der Waals surface area contributed by atoms with Gasteiger partial charge in [0.05, 0.1) is 6.61 Å². The highest BCUT2D eigenvalue weighted by Gasteiger charge is 2.33. The van der Waals surface area contributed by atoms with Gasteiger partial charge in [0.25, 0.3) is 0 Å². The molecule has 98 valence electrons. The molecule has 0 saturated carbocycles. The molecule has 0 saturated heterocycles. The third-order valence-electron chi connectivity index (χ3n) is 2.35. The molecule has 0 radical (unpaired) electrons. The number of halogens is 3. The first-order valence-corrected chi connectivity index (χ1v) is 5.42. The van der Waals surface area contributed by atoms with Gasteiger partial charge >= 0.3 is 6.18 Å². The number of aromatic nitrogens is 2. The van der Waals surface area contributed by atoms with E-state index in [1.54, 1.807) is 0 Å². The molecule has 1 heterocycles. The molecule has 1 atom stereocenters. The summed E-state index contributed by atoms with van der Waals surface area (Å²) in [6.07, 6.45) is -2.57. The van der Waals surface area contributed by atoms with Crippen LogP contribution >= 0.6 is 0 Å². The predicted molar refractivity (Wildman–Crippen MR) is 56.4 cm³/mol. The summed E-state index contributed by atoms with van der Waals surface area (Å²) in [5.74, 6) is 0. The topological polar surface area (TPSA) is 50.1 Å². The quantitative estimate of drug-likeness (QED) is 0.800. The highest BCUT2D eigenvalue weighted by Crippen LogP contribution is 2.27. The maximum atomic E-state index is 12.3. The number of nitrogens with one attached hydrogen (secondary N) is 1. The van der Waals surface area contributed by atoms with Gasteiger partial charge in [0.2, 0.25) is 0 Å². The summed E-state index contributed by atoms with van der Waals surface area (Å²) in [5, 5.41) is 15.5. The molecule has 1 rings (SSSR count). The molecular formula is C10H16F3N3O. The summed E-state index contributed by atoms with van der Waals surface area (Å²) >= 11 is 0. The molecule has 17 heavy (non-hydrogen) atoms. The average Bonchev–Trinajstić information content (AvgIpc) is 2.72. The van der Waals surface area contributed by atoms with E-state index < -0.39 is 11.9 Å². The monoisotopic (exact) mass is 251 g/mol. The van der Waals surface area contributed by atoms with Crippen molar-refractivity contribution in [2.24, 2.45) is 0 Å². The van der Waals surface area contributed by atoms with E-state index in [1.165, 1.54) is 10.9 Å². The number of aliphatic hydroxyl groups is 1. The zero-order valence-electron chi connectivity index (χ0n) is 9.54. The van der Waals surface area contributed by atoms with Crippen molar-refractivity contribution >= 4 is 0 Å². The van der Waals surface area contributed by atoms with Crippen molar-refractivity contribution in [1.82, 2.24) is 15.1 Å². The second-order valence-corrected chi connectivity index (χ2v) is 3.69. The highest BCUT2D eigenvalue weighted by atomic mass is 19.4. The maximum absolute atomic E-state index is 12.3. The molecule has 0 bridgehead atoms. The Labute approximate surface area is 97.4 Å². The Morgan fingerprint density at radius 1 is 1.53 bits per heavy atom. The fourth-order valence-electron chi connectivity index (χ4n) is 1.47. The molecule has 0 spiro atoms. The first kappa shape index (κ1) is 14.0. The average molecular weight is 251 g/mol. The van der Waals surface area contributed by atoms with Crippen LogP contribution < -0.4 is 5.32 Å². The lowest BCUT2D eigenvalue weighted by molar-refractivity contribution is -0.141. The molecule has 1 unspecified atom stereocenters. The molecule has 0 aromatic carbocycles. The number of nitrogens with zero attached hydrogens (tertiary/aromatic N) is 2. The summed E-state index contributed by atoms with van der Waals surface area (Å²) in [6, 6.07) is 0.833. The van der Waals surface area contributed by atoms with E-state index in [9.17, 15) is 13.2 Å². The van der Waals surface area contributed by atoms with Gasteiger partial charge in [0.1, 0.15) is 0 Å². The minimum absolute atomic E-state index is 0.0404. The molecule has 0 aliphatic carbocycles. The van der Waals surface area contributed by atoms with Gasteiger partial charge < -0.3 is 10.4 Å². The molecule has 7 heteroatoms. The number of likely N-dealkylation sites (N-methyl/N-ethyl adjacent to an activating group) is 1. The Bertz CT molecular complexity index is 338. The Morgan fingerprint density at radius 3 is 2.71 bits per heavy atom. The van der Waals surface area contributed by atoms with E-state index >= 15 is 0 Å². The van der Waals surface area contributed by atoms with E-state index in [0.29, 0.717) is 19.5 Å². The summed E-state index contributed by atoms with van der Waals surface area (Å²) < 4.78 is 38.0. The van der Waals surface area contributed by atoms with Crippen LogP contribution in [-0.2, 0) is 12.7 Å². The van der Waals surface area contributed by atoms with Crippen LogP contribution in [0.1, 0.15) is 19.0 Å². The number of hydrogen-bond acceptors (Lipinski definition) is 3. The Kier molecular flexibility index (Phi) is 4.95. The third-order valence-corrected chi connectivity index (χ3v) is 2.35. The lowest BCUT2D eigenvalue weighted by Gasteiger charge is -2.14. The van der Waals surface area contributed by atoms with Crippen LogP contribution in [-0.4, -0.2) is 34.1 Å². The zero-order valence-corrected chi connectivity index (χ0v) is 9.54. The second-order valence-electron chi connectivity index (χ2n) is 3.69. The fraction of sp³-hybridized carbons (Fsp3) is 0.700. The third kappa shape index (κ3) is 4.35. The second kappa shape index (κ2) is 6.02. The molecule has 0 amide bonds. The summed E-state index contributed by atoms with van der Waals surface area (Å²) in [6.45, 7) is 2.91. The maximum Gasteiger partial charge on any atom is 0.435 e. The van der Waals surface area contributed by atoms with E-state index in [4.69, 9.17) is 5.11 Å². The first-order chi connectivity index (χ1) is 7.97. The zero-order chi connectivity index (χ0) is 12.9. The number of alkyl halides is 3. The van der Waals surface area contributed by atoms with E-state index in [0.717, 1.165) is 6.07 Å². The largest absolute Gasteiger partial charge is 0.435 e. The standard InChI is InChI=1S/C10H16F3N3O/c1-2-14-8(7-17)3-5-16-6-4-9(15-16)10(11,12)13/h4,6,8,14,17H,2-3,5,7H2,1H3. The lowest BCUT2D eigenvalue weighted by Crippen LogP contribution is -2.33. The van der Waals surface area contributed by atoms with E-state index in [2.05, 4.69) is 10.4 Å². The molecule has 4 nitrogen and oxygen atoms in total. The Hall–Kier alpha value is -1.08. The van der Waals surface area contributed by atoms with E-state index in [1.807, 2.05) is 6.92 Å². The minimum Gasteiger partial charge on any atom is -0.395 e. The molecule has 1 aromatic heterocycles. The summed E-state index contributed by atoms with van der Waals surface area (Å²) in [4.78, 5) is 0. The van der Waals surface area contributed by atoms with Crippen molar-refractivity contribution < 1.29 is 18.3 Å². The number of aliphatic hydroxyl groups excluding tert-OH is 1. The number of hydrogen-bond donors (Lipinski definition) is 2. The van der Waals surface area contributed by atoms with Crippen LogP contribution in [0.5, 0.6) is 0 Å². The van der Waals surface area contributed by atoms with Gasteiger partial charge in [-0.05, 0) is 19.0 Å². The SMILES string of the molecule is CCNC(CO)CCn1ccc(C(F)(F)F)n1. The molecule has 0 aliphatic heterocycles. The van der Waals surface area contributed by atoms with Gasteiger partial charge in [-0.2, -0.15) is 18.3 Å². The van der Waals surface area contributed by atoms with Crippen molar-refractivity contribution in [2.75, 3.05) is 13.2 Å². The number of rotatable bonds is 6. The Morgan fingerprint density at radius 2 is 2.24 bits per heavy atom. The van der Waals surface area contributed by atoms with Crippen molar-refractivity contribution in [3.05, 3.63) is 18.0 Å². The lowest BCUT2D eigenvalue weighted by atomic mass is 10.2. The van der Waals surface area contributed by atoms with Crippen molar-refractivity contribution in [1.29, 1.82) is 0 Å². The van der Waals surface area contributed by atoms with Gasteiger partial charge in [-0.25, -0.2) is 0 Å². The summed E-state index contributed by atoms with van der Waals surface area (Å²) in [5.41, 5.74) is -0.888. The molecule has 2 N–H and O–H groups in total. The van der Waals surface area contributed by atoms with Gasteiger partial charge in [-0.1, -0.05) is 6.92 Å². The van der Waals surface area contributed by atoms with E-state index in [-0.39, 0.29) is 12.6 Å². The van der Waals surface area contributed by atoms with Gasteiger partial charge in [0, 0.05) is 18.8 Å². The Balaban J connectivity index is 2.49. The van der Waals surface area contributed by atoms with Crippen molar-refractivity contribution in [2.45, 2.75) is 32.1 Å². The smallest absolute Gasteiger partial charge is 0.395 e. The first-order valence-electron chi connectivity index (χ1n) is 5.42. The minimum atomic E-state index is -4.40. The fourth-order valence-corrected chi connectivity index (χ4v) is 1.47.